The van der Waals surface area contributed by atoms with Crippen molar-refractivity contribution in [1.29, 1.82) is 0 Å². The van der Waals surface area contributed by atoms with Crippen LogP contribution in [-0.2, 0) is 0 Å². The maximum atomic E-state index is 4.59. The fourth-order valence-corrected chi connectivity index (χ4v) is 4.90. The molecule has 2 saturated heterocycles. The second kappa shape index (κ2) is 7.09. The third-order valence-electron chi connectivity index (χ3n) is 5.92. The van der Waals surface area contributed by atoms with Crippen molar-refractivity contribution < 1.29 is 0 Å². The standard InChI is InChI=1S/C21H25N5S/c1-16-23-21(15-27-16)17-3-5-18(6-4-17)24-11-7-19(8-12-24)25-13-20(14-25)26-10-2-9-22-26/h2-6,9-10,15,19-20H,7-8,11-14H2,1H3. The molecule has 0 N–H and O–H groups in total. The van der Waals surface area contributed by atoms with Gasteiger partial charge in [-0.25, -0.2) is 4.98 Å². The van der Waals surface area contributed by atoms with Crippen LogP contribution in [0.2, 0.25) is 0 Å². The van der Waals surface area contributed by atoms with Gasteiger partial charge in [-0.05, 0) is 38.0 Å². The topological polar surface area (TPSA) is 37.2 Å². The van der Waals surface area contributed by atoms with Crippen molar-refractivity contribution in [2.45, 2.75) is 31.8 Å². The summed E-state index contributed by atoms with van der Waals surface area (Å²) in [6, 6.07) is 12.2. The van der Waals surface area contributed by atoms with Crippen molar-refractivity contribution in [3.63, 3.8) is 0 Å². The first-order valence-corrected chi connectivity index (χ1v) is 10.6. The number of aromatic nitrogens is 3. The van der Waals surface area contributed by atoms with E-state index in [0.717, 1.165) is 42.9 Å². The Morgan fingerprint density at radius 2 is 1.81 bits per heavy atom. The summed E-state index contributed by atoms with van der Waals surface area (Å²) in [4.78, 5) is 9.75. The number of hydrogen-bond donors (Lipinski definition) is 0. The molecule has 4 heterocycles. The Balaban J connectivity index is 1.15. The smallest absolute Gasteiger partial charge is 0.0901 e. The maximum Gasteiger partial charge on any atom is 0.0901 e. The summed E-state index contributed by atoms with van der Waals surface area (Å²) in [5.41, 5.74) is 3.64. The number of rotatable bonds is 4. The summed E-state index contributed by atoms with van der Waals surface area (Å²) < 4.78 is 2.11. The van der Waals surface area contributed by atoms with Gasteiger partial charge < -0.3 is 4.90 Å². The van der Waals surface area contributed by atoms with Crippen molar-refractivity contribution in [3.05, 3.63) is 53.1 Å². The molecule has 2 aliphatic rings. The minimum atomic E-state index is 0.569. The van der Waals surface area contributed by atoms with Crippen molar-refractivity contribution in [2.75, 3.05) is 31.1 Å². The predicted molar refractivity (Wildman–Crippen MR) is 110 cm³/mol. The van der Waals surface area contributed by atoms with E-state index in [1.54, 1.807) is 11.3 Å². The molecule has 0 saturated carbocycles. The number of piperidine rings is 1. The number of aryl methyl sites for hydroxylation is 1. The molecule has 1 aromatic carbocycles. The van der Waals surface area contributed by atoms with Gasteiger partial charge >= 0.3 is 0 Å². The summed E-state index contributed by atoms with van der Waals surface area (Å²) in [6.07, 6.45) is 6.46. The van der Waals surface area contributed by atoms with Crippen molar-refractivity contribution in [1.82, 2.24) is 19.7 Å². The summed E-state index contributed by atoms with van der Waals surface area (Å²) >= 11 is 1.71. The molecule has 140 valence electrons. The van der Waals surface area contributed by atoms with E-state index >= 15 is 0 Å². The number of likely N-dealkylation sites (tertiary alicyclic amines) is 1. The van der Waals surface area contributed by atoms with E-state index in [9.17, 15) is 0 Å². The third-order valence-corrected chi connectivity index (χ3v) is 6.69. The fraction of sp³-hybridized carbons (Fsp3) is 0.429. The number of hydrogen-bond acceptors (Lipinski definition) is 5. The molecule has 0 aliphatic carbocycles. The zero-order valence-electron chi connectivity index (χ0n) is 15.7. The first-order chi connectivity index (χ1) is 13.3. The highest BCUT2D eigenvalue weighted by atomic mass is 32.1. The van der Waals surface area contributed by atoms with Crippen molar-refractivity contribution in [2.24, 2.45) is 0 Å². The van der Waals surface area contributed by atoms with Gasteiger partial charge in [-0.2, -0.15) is 5.10 Å². The summed E-state index contributed by atoms with van der Waals surface area (Å²) in [6.45, 7) is 6.63. The molecular formula is C21H25N5S. The monoisotopic (exact) mass is 379 g/mol. The Labute approximate surface area is 164 Å². The molecule has 5 rings (SSSR count). The molecule has 2 aliphatic heterocycles. The quantitative estimate of drug-likeness (QED) is 0.690. The zero-order valence-corrected chi connectivity index (χ0v) is 16.5. The normalized spacial score (nSPS) is 19.4. The van der Waals surface area contributed by atoms with Crippen LogP contribution in [0.1, 0.15) is 23.9 Å². The van der Waals surface area contributed by atoms with Gasteiger partial charge in [0.15, 0.2) is 0 Å². The first-order valence-electron chi connectivity index (χ1n) is 9.77. The molecule has 27 heavy (non-hydrogen) atoms. The van der Waals surface area contributed by atoms with Crippen LogP contribution >= 0.6 is 11.3 Å². The Morgan fingerprint density at radius 1 is 1.04 bits per heavy atom. The van der Waals surface area contributed by atoms with Crippen LogP contribution in [0, 0.1) is 6.92 Å². The molecule has 0 spiro atoms. The molecule has 0 radical (unpaired) electrons. The Bertz CT molecular complexity index is 872. The Kier molecular flexibility index (Phi) is 4.45. The van der Waals surface area contributed by atoms with Gasteiger partial charge in [0, 0.05) is 61.2 Å². The predicted octanol–water partition coefficient (Wildman–Crippen LogP) is 3.84. The van der Waals surface area contributed by atoms with E-state index in [2.05, 4.69) is 67.3 Å². The molecule has 3 aromatic rings. The second-order valence-electron chi connectivity index (χ2n) is 7.61. The highest BCUT2D eigenvalue weighted by Crippen LogP contribution is 2.30. The van der Waals surface area contributed by atoms with Crippen LogP contribution in [0.4, 0.5) is 5.69 Å². The van der Waals surface area contributed by atoms with Crippen molar-refractivity contribution in [3.8, 4) is 11.3 Å². The van der Waals surface area contributed by atoms with Crippen LogP contribution in [-0.4, -0.2) is 51.9 Å². The highest BCUT2D eigenvalue weighted by Gasteiger charge is 2.35. The third kappa shape index (κ3) is 3.39. The van der Waals surface area contributed by atoms with Crippen LogP contribution in [0.5, 0.6) is 0 Å². The van der Waals surface area contributed by atoms with Gasteiger partial charge in [0.25, 0.3) is 0 Å². The highest BCUT2D eigenvalue weighted by molar-refractivity contribution is 7.09. The lowest BCUT2D eigenvalue weighted by atomic mass is 9.97. The second-order valence-corrected chi connectivity index (χ2v) is 8.67. The number of thiazole rings is 1. The first kappa shape index (κ1) is 17.0. The van der Waals surface area contributed by atoms with Gasteiger partial charge in [-0.15, -0.1) is 11.3 Å². The molecule has 2 fully saturated rings. The molecule has 0 bridgehead atoms. The molecule has 0 atom stereocenters. The van der Waals surface area contributed by atoms with Gasteiger partial charge in [0.2, 0.25) is 0 Å². The van der Waals surface area contributed by atoms with E-state index in [-0.39, 0.29) is 0 Å². The van der Waals surface area contributed by atoms with Crippen LogP contribution < -0.4 is 4.90 Å². The van der Waals surface area contributed by atoms with Crippen LogP contribution in [0.25, 0.3) is 11.3 Å². The average molecular weight is 380 g/mol. The fourth-order valence-electron chi connectivity index (χ4n) is 4.28. The molecule has 2 aromatic heterocycles. The number of anilines is 1. The maximum absolute atomic E-state index is 4.59. The van der Waals surface area contributed by atoms with E-state index in [4.69, 9.17) is 0 Å². The average Bonchev–Trinajstić information content (AvgIpc) is 3.33. The minimum absolute atomic E-state index is 0.569. The molecule has 0 amide bonds. The molecular weight excluding hydrogens is 354 g/mol. The van der Waals surface area contributed by atoms with Crippen molar-refractivity contribution >= 4 is 17.0 Å². The van der Waals surface area contributed by atoms with Gasteiger partial charge in [0.05, 0.1) is 16.7 Å². The lowest BCUT2D eigenvalue weighted by Gasteiger charge is -2.47. The summed E-state index contributed by atoms with van der Waals surface area (Å²) in [5.74, 6) is 0. The zero-order chi connectivity index (χ0) is 18.2. The number of benzene rings is 1. The number of nitrogens with zero attached hydrogens (tertiary/aromatic N) is 5. The van der Waals surface area contributed by atoms with Gasteiger partial charge in [-0.3, -0.25) is 9.58 Å². The van der Waals surface area contributed by atoms with Gasteiger partial charge in [0.1, 0.15) is 0 Å². The van der Waals surface area contributed by atoms with Crippen LogP contribution in [0.15, 0.2) is 48.1 Å². The molecule has 6 heteroatoms. The lowest BCUT2D eigenvalue weighted by Crippen LogP contribution is -2.55. The van der Waals surface area contributed by atoms with E-state index in [1.807, 2.05) is 12.3 Å². The van der Waals surface area contributed by atoms with Crippen LogP contribution in [0.3, 0.4) is 0 Å². The van der Waals surface area contributed by atoms with E-state index in [1.165, 1.54) is 24.1 Å². The van der Waals surface area contributed by atoms with Gasteiger partial charge in [-0.1, -0.05) is 12.1 Å². The van der Waals surface area contributed by atoms with E-state index < -0.39 is 0 Å². The molecule has 0 unspecified atom stereocenters. The van der Waals surface area contributed by atoms with E-state index in [0.29, 0.717) is 6.04 Å². The lowest BCUT2D eigenvalue weighted by molar-refractivity contribution is 0.0418. The summed E-state index contributed by atoms with van der Waals surface area (Å²) in [5, 5.41) is 7.64. The Hall–Kier alpha value is -2.18. The minimum Gasteiger partial charge on any atom is -0.371 e. The Morgan fingerprint density at radius 3 is 2.44 bits per heavy atom. The SMILES string of the molecule is Cc1nc(-c2ccc(N3CCC(N4CC(n5cccn5)C4)CC3)cc2)cs1. The largest absolute Gasteiger partial charge is 0.371 e. The molecule has 5 nitrogen and oxygen atoms in total. The summed E-state index contributed by atoms with van der Waals surface area (Å²) in [7, 11) is 0.